The molecular formula is C12H22N2O4. The summed E-state index contributed by atoms with van der Waals surface area (Å²) in [6.45, 7) is 7.11. The first kappa shape index (κ1) is 14.8. The zero-order valence-corrected chi connectivity index (χ0v) is 11.2. The zero-order valence-electron chi connectivity index (χ0n) is 11.2. The molecule has 0 aromatic heterocycles. The fraction of sp³-hybridized carbons (Fsp3) is 0.833. The Labute approximate surface area is 107 Å². The van der Waals surface area contributed by atoms with Crippen molar-refractivity contribution in [1.29, 1.82) is 0 Å². The second kappa shape index (κ2) is 6.58. The Morgan fingerprint density at radius 2 is 2.22 bits per heavy atom. The molecule has 6 nitrogen and oxygen atoms in total. The van der Waals surface area contributed by atoms with Crippen LogP contribution in [0.1, 0.15) is 27.2 Å². The molecule has 2 N–H and O–H groups in total. The van der Waals surface area contributed by atoms with E-state index in [4.69, 9.17) is 9.84 Å². The third-order valence-electron chi connectivity index (χ3n) is 3.39. The lowest BCUT2D eigenvalue weighted by atomic mass is 9.99. The van der Waals surface area contributed by atoms with Crippen molar-refractivity contribution in [3.63, 3.8) is 0 Å². The molecule has 1 aliphatic rings. The van der Waals surface area contributed by atoms with Crippen LogP contribution >= 0.6 is 0 Å². The Hall–Kier alpha value is -1.30. The van der Waals surface area contributed by atoms with Crippen LogP contribution in [0.4, 0.5) is 4.79 Å². The summed E-state index contributed by atoms with van der Waals surface area (Å²) < 4.78 is 5.25. The second-order valence-electron chi connectivity index (χ2n) is 4.77. The van der Waals surface area contributed by atoms with E-state index in [-0.39, 0.29) is 18.0 Å². The van der Waals surface area contributed by atoms with Crippen molar-refractivity contribution in [1.82, 2.24) is 10.2 Å². The number of morpholine rings is 1. The smallest absolute Gasteiger partial charge is 0.326 e. The number of nitrogens with zero attached hydrogens (tertiary/aromatic N) is 1. The minimum absolute atomic E-state index is 0.0230. The zero-order chi connectivity index (χ0) is 13.7. The van der Waals surface area contributed by atoms with E-state index in [1.807, 2.05) is 20.8 Å². The van der Waals surface area contributed by atoms with Gasteiger partial charge < -0.3 is 20.1 Å². The maximum absolute atomic E-state index is 12.0. The number of carbonyl (C=O) groups is 2. The lowest BCUT2D eigenvalue weighted by molar-refractivity contribution is -0.140. The molecule has 1 aliphatic heterocycles. The quantitative estimate of drug-likeness (QED) is 0.785. The SMILES string of the molecule is CC[C@H](C)[C@H](NC(=O)N1CCOCC1C)C(=O)O. The van der Waals surface area contributed by atoms with Gasteiger partial charge in [0.15, 0.2) is 0 Å². The van der Waals surface area contributed by atoms with Crippen LogP contribution in [0.2, 0.25) is 0 Å². The number of hydrogen-bond donors (Lipinski definition) is 2. The van der Waals surface area contributed by atoms with Gasteiger partial charge in [-0.1, -0.05) is 20.3 Å². The first-order chi connectivity index (χ1) is 8.47. The van der Waals surface area contributed by atoms with Crippen molar-refractivity contribution in [2.45, 2.75) is 39.3 Å². The maximum Gasteiger partial charge on any atom is 0.326 e. The highest BCUT2D eigenvalue weighted by atomic mass is 16.5. The molecular weight excluding hydrogens is 236 g/mol. The topological polar surface area (TPSA) is 78.9 Å². The lowest BCUT2D eigenvalue weighted by Gasteiger charge is -2.34. The molecule has 2 amide bonds. The first-order valence-corrected chi connectivity index (χ1v) is 6.35. The fourth-order valence-electron chi connectivity index (χ4n) is 1.93. The molecule has 0 saturated carbocycles. The minimum Gasteiger partial charge on any atom is -0.480 e. The van der Waals surface area contributed by atoms with Crippen LogP contribution in [0.15, 0.2) is 0 Å². The van der Waals surface area contributed by atoms with Gasteiger partial charge in [0.1, 0.15) is 6.04 Å². The van der Waals surface area contributed by atoms with E-state index in [1.165, 1.54) is 0 Å². The highest BCUT2D eigenvalue weighted by Gasteiger charge is 2.30. The van der Waals surface area contributed by atoms with Crippen molar-refractivity contribution in [2.75, 3.05) is 19.8 Å². The predicted octanol–water partition coefficient (Wildman–Crippen LogP) is 0.916. The molecule has 1 saturated heterocycles. The van der Waals surface area contributed by atoms with E-state index in [9.17, 15) is 9.59 Å². The Morgan fingerprint density at radius 3 is 2.72 bits per heavy atom. The molecule has 1 unspecified atom stereocenters. The average molecular weight is 258 g/mol. The number of rotatable bonds is 4. The van der Waals surface area contributed by atoms with Crippen LogP contribution in [-0.2, 0) is 9.53 Å². The number of carboxylic acids is 1. The highest BCUT2D eigenvalue weighted by Crippen LogP contribution is 2.11. The molecule has 6 heteroatoms. The normalized spacial score (nSPS) is 23.3. The monoisotopic (exact) mass is 258 g/mol. The van der Waals surface area contributed by atoms with Crippen LogP contribution in [0.3, 0.4) is 0 Å². The molecule has 0 aliphatic carbocycles. The van der Waals surface area contributed by atoms with Gasteiger partial charge >= 0.3 is 12.0 Å². The largest absolute Gasteiger partial charge is 0.480 e. The van der Waals surface area contributed by atoms with Gasteiger partial charge in [0.25, 0.3) is 0 Å². The standard InChI is InChI=1S/C12H22N2O4/c1-4-8(2)10(11(15)16)13-12(17)14-5-6-18-7-9(14)3/h8-10H,4-7H2,1-3H3,(H,13,17)(H,15,16)/t8-,9?,10-/m0/s1. The average Bonchev–Trinajstić information content (AvgIpc) is 2.35. The highest BCUT2D eigenvalue weighted by molar-refractivity contribution is 5.83. The predicted molar refractivity (Wildman–Crippen MR) is 66.4 cm³/mol. The summed E-state index contributed by atoms with van der Waals surface area (Å²) in [4.78, 5) is 24.8. The van der Waals surface area contributed by atoms with Gasteiger partial charge in [-0.25, -0.2) is 9.59 Å². The van der Waals surface area contributed by atoms with Crippen molar-refractivity contribution < 1.29 is 19.4 Å². The Bertz CT molecular complexity index is 308. The Morgan fingerprint density at radius 1 is 1.56 bits per heavy atom. The van der Waals surface area contributed by atoms with Crippen LogP contribution in [-0.4, -0.2) is 53.8 Å². The van der Waals surface area contributed by atoms with E-state index < -0.39 is 12.0 Å². The number of urea groups is 1. The number of ether oxygens (including phenoxy) is 1. The van der Waals surface area contributed by atoms with Gasteiger partial charge in [-0.3, -0.25) is 0 Å². The van der Waals surface area contributed by atoms with Crippen LogP contribution in [0.25, 0.3) is 0 Å². The fourth-order valence-corrected chi connectivity index (χ4v) is 1.93. The summed E-state index contributed by atoms with van der Waals surface area (Å²) in [6, 6.07) is -1.18. The molecule has 1 heterocycles. The third-order valence-corrected chi connectivity index (χ3v) is 3.39. The molecule has 18 heavy (non-hydrogen) atoms. The molecule has 3 atom stereocenters. The van der Waals surface area contributed by atoms with E-state index in [1.54, 1.807) is 4.90 Å². The molecule has 0 radical (unpaired) electrons. The van der Waals surface area contributed by atoms with E-state index in [2.05, 4.69) is 5.32 Å². The van der Waals surface area contributed by atoms with Crippen molar-refractivity contribution in [2.24, 2.45) is 5.92 Å². The minimum atomic E-state index is -0.987. The maximum atomic E-state index is 12.0. The molecule has 104 valence electrons. The van der Waals surface area contributed by atoms with Crippen LogP contribution < -0.4 is 5.32 Å². The third kappa shape index (κ3) is 3.60. The van der Waals surface area contributed by atoms with Crippen LogP contribution in [0.5, 0.6) is 0 Å². The Balaban J connectivity index is 2.63. The molecule has 0 aromatic rings. The molecule has 1 fully saturated rings. The number of nitrogens with one attached hydrogen (secondary N) is 1. The summed E-state index contributed by atoms with van der Waals surface area (Å²) in [6.07, 6.45) is 0.704. The first-order valence-electron chi connectivity index (χ1n) is 6.35. The lowest BCUT2D eigenvalue weighted by Crippen LogP contribution is -2.56. The summed E-state index contributed by atoms with van der Waals surface area (Å²) in [5.74, 6) is -1.08. The van der Waals surface area contributed by atoms with Gasteiger partial charge in [-0.05, 0) is 12.8 Å². The molecule has 1 rings (SSSR count). The number of hydrogen-bond acceptors (Lipinski definition) is 3. The number of carboxylic acid groups (broad SMARTS) is 1. The Kier molecular flexibility index (Phi) is 5.40. The van der Waals surface area contributed by atoms with Crippen LogP contribution in [0, 0.1) is 5.92 Å². The second-order valence-corrected chi connectivity index (χ2v) is 4.77. The number of carbonyl (C=O) groups excluding carboxylic acids is 1. The van der Waals surface area contributed by atoms with Gasteiger partial charge in [-0.15, -0.1) is 0 Å². The van der Waals surface area contributed by atoms with Gasteiger partial charge in [0.05, 0.1) is 19.3 Å². The summed E-state index contributed by atoms with van der Waals surface area (Å²) >= 11 is 0. The molecule has 0 bridgehead atoms. The van der Waals surface area contributed by atoms with Crippen molar-refractivity contribution >= 4 is 12.0 Å². The van der Waals surface area contributed by atoms with Crippen molar-refractivity contribution in [3.8, 4) is 0 Å². The van der Waals surface area contributed by atoms with Gasteiger partial charge in [-0.2, -0.15) is 0 Å². The number of aliphatic carboxylic acids is 1. The molecule has 0 spiro atoms. The summed E-state index contributed by atoms with van der Waals surface area (Å²) in [7, 11) is 0. The van der Waals surface area contributed by atoms with E-state index >= 15 is 0 Å². The van der Waals surface area contributed by atoms with Gasteiger partial charge in [0.2, 0.25) is 0 Å². The summed E-state index contributed by atoms with van der Waals surface area (Å²) in [5.41, 5.74) is 0. The molecule has 0 aromatic carbocycles. The number of amides is 2. The van der Waals surface area contributed by atoms with Crippen molar-refractivity contribution in [3.05, 3.63) is 0 Å². The van der Waals surface area contributed by atoms with E-state index in [0.717, 1.165) is 0 Å². The van der Waals surface area contributed by atoms with E-state index in [0.29, 0.717) is 26.2 Å². The summed E-state index contributed by atoms with van der Waals surface area (Å²) in [5, 5.41) is 11.7. The van der Waals surface area contributed by atoms with Gasteiger partial charge in [0, 0.05) is 6.54 Å².